The Hall–Kier alpha value is -5.68. The molecule has 7 rings (SSSR count). The summed E-state index contributed by atoms with van der Waals surface area (Å²) in [5.74, 6) is -4.50. The number of aromatic hydroxyl groups is 5. The van der Waals surface area contributed by atoms with Crippen LogP contribution in [0.2, 0.25) is 0 Å². The predicted octanol–water partition coefficient (Wildman–Crippen LogP) is -2.58. The van der Waals surface area contributed by atoms with Gasteiger partial charge in [-0.3, -0.25) is 4.79 Å². The lowest BCUT2D eigenvalue weighted by atomic mass is 9.88. The molecule has 3 aliphatic rings. The molecule has 0 amide bonds. The van der Waals surface area contributed by atoms with Gasteiger partial charge in [-0.25, -0.2) is 4.79 Å². The van der Waals surface area contributed by atoms with E-state index in [0.29, 0.717) is 0 Å². The number of hydrogen-bond acceptors (Lipinski definition) is 24. The van der Waals surface area contributed by atoms with Gasteiger partial charge in [0.05, 0.1) is 32.5 Å². The third-order valence-corrected chi connectivity index (χ3v) is 11.5. The smallest absolute Gasteiger partial charge is 0.331 e. The lowest BCUT2D eigenvalue weighted by molar-refractivity contribution is -0.382. The second-order valence-electron chi connectivity index (χ2n) is 15.7. The maximum Gasteiger partial charge on any atom is 0.331 e. The second-order valence-corrected chi connectivity index (χ2v) is 15.7. The van der Waals surface area contributed by atoms with Gasteiger partial charge in [0.15, 0.2) is 47.1 Å². The van der Waals surface area contributed by atoms with Crippen LogP contribution in [-0.4, -0.2) is 190 Å². The molecule has 0 aliphatic carbocycles. The van der Waals surface area contributed by atoms with Crippen molar-refractivity contribution >= 4 is 23.0 Å². The van der Waals surface area contributed by atoms with Crippen LogP contribution >= 0.6 is 0 Å². The number of phenolic OH excluding ortho intramolecular Hbond substituents is 5. The van der Waals surface area contributed by atoms with E-state index in [2.05, 4.69) is 0 Å². The fourth-order valence-electron chi connectivity index (χ4n) is 7.93. The zero-order valence-corrected chi connectivity index (χ0v) is 34.9. The lowest BCUT2D eigenvalue weighted by Gasteiger charge is -2.49. The summed E-state index contributed by atoms with van der Waals surface area (Å²) in [6.07, 6.45) is -27.6. The van der Waals surface area contributed by atoms with Gasteiger partial charge in [0.1, 0.15) is 101 Å². The molecule has 364 valence electrons. The van der Waals surface area contributed by atoms with Crippen molar-refractivity contribution in [3.63, 3.8) is 0 Å². The average molecular weight is 949 g/mol. The first-order valence-electron chi connectivity index (χ1n) is 20.4. The van der Waals surface area contributed by atoms with Gasteiger partial charge in [-0.05, 0) is 42.0 Å². The summed E-state index contributed by atoms with van der Waals surface area (Å²) in [5.41, 5.74) is -1.59. The Bertz CT molecular complexity index is 2490. The van der Waals surface area contributed by atoms with E-state index in [-0.39, 0.29) is 28.4 Å². The Labute approximate surface area is 377 Å². The Balaban J connectivity index is 1.32. The standard InChI is InChI=1S/C43H48O24/c1-60-23-9-16(4-6-18(23)48)22-10-20(50)29-24(61-22)11-21(51)30(34(29)56)38-41(65-28(52)7-3-15-2-5-17(47)19(49)8-15)39(33(55)27(14-46)62-38)66-43-40(36(58)32(54)26(13-45)64-43)67-42-37(59)35(57)31(53)25(12-44)63-42/h2-11,25-27,31-33,35-49,51,53-59H,12-14H2,1H3/b7-3+/t25-,26+,27-,31+,32+,33+,35-,36-,37+,38+,39-,40+,41-,42+,43-/m1/s1. The molecule has 0 radical (unpaired) electrons. The lowest BCUT2D eigenvalue weighted by Crippen LogP contribution is -2.66. The van der Waals surface area contributed by atoms with Crippen LogP contribution in [-0.2, 0) is 33.2 Å². The number of esters is 1. The van der Waals surface area contributed by atoms with Gasteiger partial charge >= 0.3 is 5.97 Å². The zero-order valence-electron chi connectivity index (χ0n) is 34.9. The minimum atomic E-state index is -2.13. The van der Waals surface area contributed by atoms with E-state index in [1.807, 2.05) is 0 Å². The molecule has 15 atom stereocenters. The first kappa shape index (κ1) is 49.2. The highest BCUT2D eigenvalue weighted by molar-refractivity contribution is 5.89. The van der Waals surface area contributed by atoms with E-state index < -0.39 is 163 Å². The highest BCUT2D eigenvalue weighted by atomic mass is 16.8. The van der Waals surface area contributed by atoms with Crippen molar-refractivity contribution in [2.75, 3.05) is 26.9 Å². The molecule has 14 N–H and O–H groups in total. The molecular formula is C43H48O24. The normalized spacial score (nSPS) is 32.4. The molecule has 3 fully saturated rings. The van der Waals surface area contributed by atoms with Crippen molar-refractivity contribution in [3.8, 4) is 45.8 Å². The summed E-state index contributed by atoms with van der Waals surface area (Å²) in [6.45, 7) is -2.93. The first-order valence-corrected chi connectivity index (χ1v) is 20.4. The van der Waals surface area contributed by atoms with Gasteiger partial charge in [0, 0.05) is 23.8 Å². The van der Waals surface area contributed by atoms with Crippen LogP contribution in [0.25, 0.3) is 28.4 Å². The third-order valence-electron chi connectivity index (χ3n) is 11.5. The number of hydrogen-bond donors (Lipinski definition) is 14. The molecule has 3 aromatic carbocycles. The summed E-state index contributed by atoms with van der Waals surface area (Å²) in [7, 11) is 1.29. The second kappa shape index (κ2) is 20.3. The highest BCUT2D eigenvalue weighted by Crippen LogP contribution is 2.47. The molecule has 24 heteroatoms. The van der Waals surface area contributed by atoms with E-state index in [0.717, 1.165) is 36.4 Å². The van der Waals surface area contributed by atoms with Crippen molar-refractivity contribution < 1.29 is 114 Å². The fourth-order valence-corrected chi connectivity index (χ4v) is 7.93. The minimum Gasteiger partial charge on any atom is -0.507 e. The summed E-state index contributed by atoms with van der Waals surface area (Å²) < 4.78 is 45.8. The van der Waals surface area contributed by atoms with E-state index in [4.69, 9.17) is 37.6 Å². The molecule has 0 bridgehead atoms. The van der Waals surface area contributed by atoms with E-state index in [9.17, 15) is 81.1 Å². The van der Waals surface area contributed by atoms with Crippen LogP contribution in [0.4, 0.5) is 0 Å². The molecule has 3 saturated heterocycles. The molecule has 1 aromatic heterocycles. The number of fused-ring (bicyclic) bond motifs is 1. The molecule has 3 aliphatic heterocycles. The van der Waals surface area contributed by atoms with Gasteiger partial charge in [-0.15, -0.1) is 0 Å². The average Bonchev–Trinajstić information content (AvgIpc) is 3.30. The predicted molar refractivity (Wildman–Crippen MR) is 220 cm³/mol. The van der Waals surface area contributed by atoms with Crippen molar-refractivity contribution in [2.45, 2.75) is 91.9 Å². The Morgan fingerprint density at radius 3 is 1.93 bits per heavy atom. The van der Waals surface area contributed by atoms with Gasteiger partial charge < -0.3 is 109 Å². The van der Waals surface area contributed by atoms with Gasteiger partial charge in [-0.2, -0.15) is 0 Å². The SMILES string of the molecule is COc1cc(-c2cc(=O)c3c(O)c([C@@H]4O[C@H](CO)[C@H](O)[C@@H](O[C@H]5O[C@@H](CO)[C@H](O)[C@@H](O)[C@@H]5O[C@@H]5O[C@H](CO)[C@H](O)[C@@H](O)[C@@H]5O)[C@@H]4OC(=O)/C=C/c4ccc(O)c(O)c4)c(O)cc3o2)ccc1O. The van der Waals surface area contributed by atoms with Gasteiger partial charge in [-0.1, -0.05) is 6.07 Å². The monoisotopic (exact) mass is 948 g/mol. The number of aliphatic hydroxyl groups is 9. The molecule has 67 heavy (non-hydrogen) atoms. The molecule has 0 unspecified atom stereocenters. The fraction of sp³-hybridized carbons (Fsp3) is 0.442. The van der Waals surface area contributed by atoms with E-state index >= 15 is 0 Å². The quantitative estimate of drug-likeness (QED) is 0.0372. The number of carbonyl (C=O) groups excluding carboxylic acids is 1. The summed E-state index contributed by atoms with van der Waals surface area (Å²) in [5, 5.41) is 148. The van der Waals surface area contributed by atoms with Crippen molar-refractivity contribution in [2.24, 2.45) is 0 Å². The molecule has 0 spiro atoms. The maximum atomic E-state index is 13.8. The summed E-state index contributed by atoms with van der Waals surface area (Å²) in [6, 6.07) is 9.38. The third kappa shape index (κ3) is 9.72. The van der Waals surface area contributed by atoms with Gasteiger partial charge in [0.2, 0.25) is 0 Å². The Kier molecular flexibility index (Phi) is 14.9. The number of ether oxygens (including phenoxy) is 7. The van der Waals surface area contributed by atoms with Crippen LogP contribution in [0.1, 0.15) is 17.2 Å². The Morgan fingerprint density at radius 1 is 0.642 bits per heavy atom. The maximum absolute atomic E-state index is 13.8. The molecule has 0 saturated carbocycles. The van der Waals surface area contributed by atoms with Crippen LogP contribution in [0, 0.1) is 0 Å². The van der Waals surface area contributed by atoms with Crippen molar-refractivity contribution in [1.29, 1.82) is 0 Å². The number of rotatable bonds is 13. The number of phenols is 5. The van der Waals surface area contributed by atoms with Gasteiger partial charge in [0.25, 0.3) is 0 Å². The zero-order chi connectivity index (χ0) is 48.6. The topological polar surface area (TPSA) is 395 Å². The Morgan fingerprint density at radius 2 is 1.27 bits per heavy atom. The van der Waals surface area contributed by atoms with E-state index in [1.165, 1.54) is 31.4 Å². The van der Waals surface area contributed by atoms with Crippen LogP contribution in [0.15, 0.2) is 63.8 Å². The minimum absolute atomic E-state index is 0.0211. The van der Waals surface area contributed by atoms with Crippen LogP contribution in [0.5, 0.6) is 34.5 Å². The highest BCUT2D eigenvalue weighted by Gasteiger charge is 2.56. The van der Waals surface area contributed by atoms with Crippen molar-refractivity contribution in [3.05, 3.63) is 76.0 Å². The van der Waals surface area contributed by atoms with E-state index in [1.54, 1.807) is 0 Å². The molecule has 4 aromatic rings. The van der Waals surface area contributed by atoms with Crippen LogP contribution in [0.3, 0.4) is 0 Å². The number of benzene rings is 3. The number of aliphatic hydroxyl groups excluding tert-OH is 9. The molecular weight excluding hydrogens is 900 g/mol. The number of methoxy groups -OCH3 is 1. The first-order chi connectivity index (χ1) is 31.9. The number of carbonyl (C=O) groups is 1. The largest absolute Gasteiger partial charge is 0.507 e. The van der Waals surface area contributed by atoms with Crippen molar-refractivity contribution in [1.82, 2.24) is 0 Å². The molecule has 24 nitrogen and oxygen atoms in total. The summed E-state index contributed by atoms with van der Waals surface area (Å²) in [4.78, 5) is 27.5. The molecule has 4 heterocycles. The van der Waals surface area contributed by atoms with Crippen LogP contribution < -0.4 is 10.2 Å². The summed E-state index contributed by atoms with van der Waals surface area (Å²) >= 11 is 0.